The molecule has 0 unspecified atom stereocenters. The van der Waals surface area contributed by atoms with Crippen LogP contribution in [-0.2, 0) is 16.5 Å². The second kappa shape index (κ2) is 4.57. The summed E-state index contributed by atoms with van der Waals surface area (Å²) in [5, 5.41) is 3.24. The van der Waals surface area contributed by atoms with Crippen LogP contribution in [0.25, 0.3) is 0 Å². The van der Waals surface area contributed by atoms with E-state index in [4.69, 9.17) is 0 Å². The highest BCUT2D eigenvalue weighted by atomic mass is 32.2. The summed E-state index contributed by atoms with van der Waals surface area (Å²) >= 11 is 0. The minimum atomic E-state index is -2.45. The second-order valence-corrected chi connectivity index (χ2v) is 4.60. The van der Waals surface area contributed by atoms with Gasteiger partial charge in [0.1, 0.15) is 28.1 Å². The van der Waals surface area contributed by atoms with Crippen LogP contribution < -0.4 is 5.32 Å². The highest BCUT2D eigenvalue weighted by Crippen LogP contribution is 2.21. The van der Waals surface area contributed by atoms with E-state index in [-0.39, 0.29) is 5.75 Å². The lowest BCUT2D eigenvalue weighted by molar-refractivity contribution is 0.444. The largest absolute Gasteiger partial charge is 0.367 e. The summed E-state index contributed by atoms with van der Waals surface area (Å²) < 4.78 is 21.0. The quantitative estimate of drug-likeness (QED) is 0.735. The Labute approximate surface area is 89.9 Å². The van der Waals surface area contributed by atoms with Crippen LogP contribution in [0.15, 0.2) is 12.3 Å². The SMILES string of the molecule is O=[SH](=O)Cc1nccc(NC2CCC2)n1. The zero-order valence-electron chi connectivity index (χ0n) is 8.22. The van der Waals surface area contributed by atoms with Crippen molar-refractivity contribution in [3.05, 3.63) is 18.1 Å². The van der Waals surface area contributed by atoms with Gasteiger partial charge in [-0.1, -0.05) is 0 Å². The standard InChI is InChI=1S/C9H13N3O2S/c13-15(14)6-9-10-5-4-8(12-9)11-7-2-1-3-7/h4-5,7,15H,1-3,6H2,(H,10,11,12). The highest BCUT2D eigenvalue weighted by molar-refractivity contribution is 7.71. The van der Waals surface area contributed by atoms with Crippen LogP contribution in [-0.4, -0.2) is 24.4 Å². The molecule has 6 heteroatoms. The first-order chi connectivity index (χ1) is 7.24. The van der Waals surface area contributed by atoms with Gasteiger partial charge in [-0.2, -0.15) is 0 Å². The molecule has 2 rings (SSSR count). The lowest BCUT2D eigenvalue weighted by Crippen LogP contribution is -2.27. The van der Waals surface area contributed by atoms with Gasteiger partial charge in [0, 0.05) is 12.2 Å². The van der Waals surface area contributed by atoms with Crippen LogP contribution >= 0.6 is 0 Å². The Hall–Kier alpha value is -1.17. The summed E-state index contributed by atoms with van der Waals surface area (Å²) in [6.45, 7) is 0. The molecule has 0 atom stereocenters. The van der Waals surface area contributed by atoms with Crippen molar-refractivity contribution in [1.82, 2.24) is 9.97 Å². The Balaban J connectivity index is 2.04. The average molecular weight is 227 g/mol. The van der Waals surface area contributed by atoms with Gasteiger partial charge in [0.2, 0.25) is 0 Å². The van der Waals surface area contributed by atoms with E-state index in [1.807, 2.05) is 0 Å². The van der Waals surface area contributed by atoms with Crippen molar-refractivity contribution < 1.29 is 8.42 Å². The number of hydrogen-bond acceptors (Lipinski definition) is 5. The van der Waals surface area contributed by atoms with Crippen LogP contribution in [0.2, 0.25) is 0 Å². The minimum Gasteiger partial charge on any atom is -0.367 e. The monoisotopic (exact) mass is 227 g/mol. The molecular formula is C9H13N3O2S. The summed E-state index contributed by atoms with van der Waals surface area (Å²) in [5.41, 5.74) is 0. The van der Waals surface area contributed by atoms with Gasteiger partial charge in [0.25, 0.3) is 0 Å². The Kier molecular flexibility index (Phi) is 3.15. The van der Waals surface area contributed by atoms with E-state index in [1.165, 1.54) is 6.42 Å². The summed E-state index contributed by atoms with van der Waals surface area (Å²) in [5.74, 6) is 0.993. The Morgan fingerprint density at radius 3 is 2.87 bits per heavy atom. The first-order valence-corrected chi connectivity index (χ1v) is 6.30. The first kappa shape index (κ1) is 10.4. The van der Waals surface area contributed by atoms with Crippen molar-refractivity contribution in [2.45, 2.75) is 31.1 Å². The molecule has 0 radical (unpaired) electrons. The molecule has 1 fully saturated rings. The van der Waals surface area contributed by atoms with Crippen LogP contribution in [0.1, 0.15) is 25.1 Å². The van der Waals surface area contributed by atoms with E-state index in [1.54, 1.807) is 12.3 Å². The summed E-state index contributed by atoms with van der Waals surface area (Å²) in [7, 11) is -2.45. The molecule has 82 valence electrons. The second-order valence-electron chi connectivity index (χ2n) is 3.62. The lowest BCUT2D eigenvalue weighted by atomic mass is 9.93. The van der Waals surface area contributed by atoms with Crippen molar-refractivity contribution in [1.29, 1.82) is 0 Å². The maximum absolute atomic E-state index is 10.5. The Morgan fingerprint density at radius 1 is 1.47 bits per heavy atom. The summed E-state index contributed by atoms with van der Waals surface area (Å²) in [6, 6.07) is 2.26. The van der Waals surface area contributed by atoms with Gasteiger partial charge in [0.15, 0.2) is 0 Å². The van der Waals surface area contributed by atoms with Gasteiger partial charge >= 0.3 is 0 Å². The molecule has 1 aromatic heterocycles. The van der Waals surface area contributed by atoms with Crippen LogP contribution in [0.4, 0.5) is 5.82 Å². The van der Waals surface area contributed by atoms with E-state index in [0.717, 1.165) is 18.7 Å². The zero-order valence-corrected chi connectivity index (χ0v) is 9.11. The molecule has 5 nitrogen and oxygen atoms in total. The molecule has 0 saturated heterocycles. The summed E-state index contributed by atoms with van der Waals surface area (Å²) in [6.07, 6.45) is 5.16. The highest BCUT2D eigenvalue weighted by Gasteiger charge is 2.17. The molecule has 1 aliphatic carbocycles. The fourth-order valence-electron chi connectivity index (χ4n) is 1.43. The number of hydrogen-bond donors (Lipinski definition) is 2. The predicted molar refractivity (Wildman–Crippen MR) is 57.3 cm³/mol. The predicted octanol–water partition coefficient (Wildman–Crippen LogP) is 0.552. The maximum atomic E-state index is 10.5. The third-order valence-corrected chi connectivity index (χ3v) is 2.97. The minimum absolute atomic E-state index is 0.0878. The molecule has 0 bridgehead atoms. The molecule has 0 spiro atoms. The van der Waals surface area contributed by atoms with E-state index in [0.29, 0.717) is 11.9 Å². The molecule has 1 heterocycles. The number of rotatable bonds is 4. The smallest absolute Gasteiger partial charge is 0.147 e. The molecule has 0 aromatic carbocycles. The molecule has 1 aromatic rings. The molecular weight excluding hydrogens is 214 g/mol. The third kappa shape index (κ3) is 2.89. The van der Waals surface area contributed by atoms with E-state index in [2.05, 4.69) is 15.3 Å². The molecule has 0 aliphatic heterocycles. The van der Waals surface area contributed by atoms with Crippen molar-refractivity contribution in [3.63, 3.8) is 0 Å². The zero-order chi connectivity index (χ0) is 10.7. The Morgan fingerprint density at radius 2 is 2.27 bits per heavy atom. The first-order valence-electron chi connectivity index (χ1n) is 4.94. The number of anilines is 1. The van der Waals surface area contributed by atoms with Crippen LogP contribution in [0.3, 0.4) is 0 Å². The van der Waals surface area contributed by atoms with Gasteiger partial charge < -0.3 is 5.32 Å². The lowest BCUT2D eigenvalue weighted by Gasteiger charge is -2.26. The van der Waals surface area contributed by atoms with Gasteiger partial charge in [0.05, 0.1) is 0 Å². The van der Waals surface area contributed by atoms with Gasteiger partial charge in [-0.25, -0.2) is 18.4 Å². The van der Waals surface area contributed by atoms with Gasteiger partial charge in [-0.3, -0.25) is 0 Å². The van der Waals surface area contributed by atoms with Gasteiger partial charge in [-0.15, -0.1) is 0 Å². The topological polar surface area (TPSA) is 72.0 Å². The molecule has 0 amide bonds. The maximum Gasteiger partial charge on any atom is 0.147 e. The third-order valence-electron chi connectivity index (χ3n) is 2.43. The number of nitrogens with zero attached hydrogens (tertiary/aromatic N) is 2. The molecule has 1 saturated carbocycles. The summed E-state index contributed by atoms with van der Waals surface area (Å²) in [4.78, 5) is 8.02. The number of nitrogens with one attached hydrogen (secondary N) is 1. The van der Waals surface area contributed by atoms with E-state index >= 15 is 0 Å². The number of thiol groups is 1. The van der Waals surface area contributed by atoms with Crippen LogP contribution in [0, 0.1) is 0 Å². The molecule has 15 heavy (non-hydrogen) atoms. The van der Waals surface area contributed by atoms with Crippen molar-refractivity contribution in [2.75, 3.05) is 5.32 Å². The van der Waals surface area contributed by atoms with Crippen molar-refractivity contribution in [2.24, 2.45) is 0 Å². The average Bonchev–Trinajstić information content (AvgIpc) is 2.11. The fraction of sp³-hybridized carbons (Fsp3) is 0.556. The van der Waals surface area contributed by atoms with E-state index in [9.17, 15) is 8.42 Å². The van der Waals surface area contributed by atoms with E-state index < -0.39 is 10.7 Å². The normalized spacial score (nSPS) is 16.3. The van der Waals surface area contributed by atoms with Crippen LogP contribution in [0.5, 0.6) is 0 Å². The fourth-order valence-corrected chi connectivity index (χ4v) is 1.82. The van der Waals surface area contributed by atoms with Crippen molar-refractivity contribution in [3.8, 4) is 0 Å². The number of aromatic nitrogens is 2. The molecule has 1 aliphatic rings. The Bertz CT molecular complexity index is 408. The van der Waals surface area contributed by atoms with Crippen molar-refractivity contribution >= 4 is 16.5 Å². The molecule has 1 N–H and O–H groups in total. The van der Waals surface area contributed by atoms with Gasteiger partial charge in [-0.05, 0) is 25.3 Å².